The molecule has 2 aromatic heterocycles. The van der Waals surface area contributed by atoms with Crippen LogP contribution in [0.5, 0.6) is 0 Å². The summed E-state index contributed by atoms with van der Waals surface area (Å²) >= 11 is 0. The van der Waals surface area contributed by atoms with Crippen LogP contribution in [-0.2, 0) is 13.1 Å². The highest BCUT2D eigenvalue weighted by atomic mass is 15.2. The van der Waals surface area contributed by atoms with E-state index in [9.17, 15) is 0 Å². The normalized spacial score (nSPS) is 14.8. The van der Waals surface area contributed by atoms with Gasteiger partial charge in [-0.3, -0.25) is 0 Å². The van der Waals surface area contributed by atoms with E-state index in [4.69, 9.17) is 0 Å². The molecule has 0 unspecified atom stereocenters. The Labute approximate surface area is 119 Å². The molecular formula is C15H21N5. The summed E-state index contributed by atoms with van der Waals surface area (Å²) in [5, 5.41) is 3.50. The van der Waals surface area contributed by atoms with Gasteiger partial charge in [-0.15, -0.1) is 0 Å². The quantitative estimate of drug-likeness (QED) is 0.907. The van der Waals surface area contributed by atoms with Gasteiger partial charge in [-0.25, -0.2) is 9.97 Å². The molecule has 2 aromatic rings. The van der Waals surface area contributed by atoms with Crippen molar-refractivity contribution in [3.63, 3.8) is 0 Å². The summed E-state index contributed by atoms with van der Waals surface area (Å²) in [6.45, 7) is 6.07. The van der Waals surface area contributed by atoms with Gasteiger partial charge in [0.05, 0.1) is 24.3 Å². The molecule has 0 aliphatic carbocycles. The van der Waals surface area contributed by atoms with Crippen molar-refractivity contribution in [1.82, 2.24) is 14.5 Å². The molecule has 3 rings (SSSR count). The van der Waals surface area contributed by atoms with E-state index in [1.165, 1.54) is 18.5 Å². The zero-order chi connectivity index (χ0) is 13.8. The fraction of sp³-hybridized carbons (Fsp3) is 0.467. The van der Waals surface area contributed by atoms with E-state index >= 15 is 0 Å². The Balaban J connectivity index is 1.74. The fourth-order valence-corrected chi connectivity index (χ4v) is 2.68. The maximum atomic E-state index is 4.54. The lowest BCUT2D eigenvalue weighted by atomic mass is 10.3. The van der Waals surface area contributed by atoms with Gasteiger partial charge in [0.2, 0.25) is 0 Å². The number of hydrogen-bond donors (Lipinski definition) is 1. The predicted octanol–water partition coefficient (Wildman–Crippen LogP) is 2.51. The number of aromatic nitrogens is 3. The molecule has 3 heterocycles. The molecule has 0 aromatic carbocycles. The predicted molar refractivity (Wildman–Crippen MR) is 80.9 cm³/mol. The van der Waals surface area contributed by atoms with E-state index in [1.54, 1.807) is 0 Å². The van der Waals surface area contributed by atoms with E-state index in [1.807, 2.05) is 24.8 Å². The number of nitrogens with zero attached hydrogens (tertiary/aromatic N) is 4. The molecule has 0 bridgehead atoms. The molecule has 1 saturated heterocycles. The first kappa shape index (κ1) is 13.0. The van der Waals surface area contributed by atoms with E-state index < -0.39 is 0 Å². The van der Waals surface area contributed by atoms with Crippen LogP contribution in [0.25, 0.3) is 0 Å². The number of hydrogen-bond acceptors (Lipinski definition) is 4. The van der Waals surface area contributed by atoms with Gasteiger partial charge < -0.3 is 14.8 Å². The van der Waals surface area contributed by atoms with Crippen LogP contribution in [-0.4, -0.2) is 27.6 Å². The summed E-state index contributed by atoms with van der Waals surface area (Å²) in [7, 11) is 0. The topological polar surface area (TPSA) is 46.0 Å². The van der Waals surface area contributed by atoms with Crippen molar-refractivity contribution < 1.29 is 0 Å². The lowest BCUT2D eigenvalue weighted by Crippen LogP contribution is -2.20. The van der Waals surface area contributed by atoms with Crippen molar-refractivity contribution in [2.24, 2.45) is 0 Å². The number of anilines is 2. The van der Waals surface area contributed by atoms with E-state index in [0.29, 0.717) is 0 Å². The van der Waals surface area contributed by atoms with Crippen molar-refractivity contribution in [2.45, 2.75) is 32.9 Å². The third kappa shape index (κ3) is 2.61. The Morgan fingerprint density at radius 2 is 2.15 bits per heavy atom. The second-order valence-electron chi connectivity index (χ2n) is 5.09. The average molecular weight is 271 g/mol. The molecule has 0 amide bonds. The van der Waals surface area contributed by atoms with Crippen LogP contribution in [0.1, 0.15) is 25.5 Å². The Morgan fingerprint density at radius 3 is 2.95 bits per heavy atom. The van der Waals surface area contributed by atoms with Crippen LogP contribution in [0.4, 0.5) is 11.5 Å². The summed E-state index contributed by atoms with van der Waals surface area (Å²) in [5.74, 6) is 1.08. The van der Waals surface area contributed by atoms with Crippen LogP contribution in [0.3, 0.4) is 0 Å². The van der Waals surface area contributed by atoms with Crippen molar-refractivity contribution in [2.75, 3.05) is 23.3 Å². The highest BCUT2D eigenvalue weighted by Crippen LogP contribution is 2.26. The highest BCUT2D eigenvalue weighted by Gasteiger charge is 2.16. The standard InChI is InChI=1S/C15H21N5/c1-2-19-12-16-10-13(19)11-18-14-6-5-7-17-15(14)20-8-3-4-9-20/h5-7,10,12,18H,2-4,8-9,11H2,1H3. The first-order chi connectivity index (χ1) is 9.88. The summed E-state index contributed by atoms with van der Waals surface area (Å²) in [6, 6.07) is 4.09. The number of imidazole rings is 1. The lowest BCUT2D eigenvalue weighted by Gasteiger charge is -2.20. The van der Waals surface area contributed by atoms with E-state index in [2.05, 4.69) is 37.7 Å². The molecule has 0 atom stereocenters. The molecule has 1 aliphatic rings. The molecular weight excluding hydrogens is 250 g/mol. The van der Waals surface area contributed by atoms with E-state index in [-0.39, 0.29) is 0 Å². The molecule has 0 radical (unpaired) electrons. The monoisotopic (exact) mass is 271 g/mol. The molecule has 0 spiro atoms. The van der Waals surface area contributed by atoms with Crippen molar-refractivity contribution in [1.29, 1.82) is 0 Å². The molecule has 1 aliphatic heterocycles. The van der Waals surface area contributed by atoms with Crippen molar-refractivity contribution in [3.05, 3.63) is 36.5 Å². The van der Waals surface area contributed by atoms with Gasteiger partial charge in [-0.2, -0.15) is 0 Å². The van der Waals surface area contributed by atoms with Gasteiger partial charge in [0.15, 0.2) is 5.82 Å². The summed E-state index contributed by atoms with van der Waals surface area (Å²) < 4.78 is 2.15. The smallest absolute Gasteiger partial charge is 0.151 e. The van der Waals surface area contributed by atoms with Crippen LogP contribution < -0.4 is 10.2 Å². The third-order valence-corrected chi connectivity index (χ3v) is 3.79. The minimum atomic E-state index is 0.778. The third-order valence-electron chi connectivity index (χ3n) is 3.79. The van der Waals surface area contributed by atoms with Crippen LogP contribution in [0, 0.1) is 0 Å². The SMILES string of the molecule is CCn1cncc1CNc1cccnc1N1CCCC1. The molecule has 1 fully saturated rings. The molecule has 1 N–H and O–H groups in total. The first-order valence-corrected chi connectivity index (χ1v) is 7.31. The average Bonchev–Trinajstić information content (AvgIpc) is 3.16. The van der Waals surface area contributed by atoms with Gasteiger partial charge in [0, 0.05) is 32.0 Å². The molecule has 5 heteroatoms. The number of rotatable bonds is 5. The fourth-order valence-electron chi connectivity index (χ4n) is 2.68. The second kappa shape index (κ2) is 5.94. The van der Waals surface area contributed by atoms with Gasteiger partial charge in [0.25, 0.3) is 0 Å². The molecule has 5 nitrogen and oxygen atoms in total. The number of aryl methyl sites for hydroxylation is 1. The van der Waals surface area contributed by atoms with E-state index in [0.717, 1.165) is 37.7 Å². The molecule has 106 valence electrons. The Kier molecular flexibility index (Phi) is 3.85. The second-order valence-corrected chi connectivity index (χ2v) is 5.09. The maximum Gasteiger partial charge on any atom is 0.151 e. The first-order valence-electron chi connectivity index (χ1n) is 7.31. The number of nitrogens with one attached hydrogen (secondary N) is 1. The van der Waals surface area contributed by atoms with Gasteiger partial charge in [0.1, 0.15) is 0 Å². The van der Waals surface area contributed by atoms with Gasteiger partial charge in [-0.05, 0) is 31.9 Å². The minimum Gasteiger partial charge on any atom is -0.376 e. The van der Waals surface area contributed by atoms with Crippen molar-refractivity contribution in [3.8, 4) is 0 Å². The van der Waals surface area contributed by atoms with Crippen LogP contribution in [0.15, 0.2) is 30.9 Å². The van der Waals surface area contributed by atoms with Crippen molar-refractivity contribution >= 4 is 11.5 Å². The Hall–Kier alpha value is -2.04. The Morgan fingerprint density at radius 1 is 1.30 bits per heavy atom. The zero-order valence-electron chi connectivity index (χ0n) is 11.9. The largest absolute Gasteiger partial charge is 0.376 e. The minimum absolute atomic E-state index is 0.778. The summed E-state index contributed by atoms with van der Waals surface area (Å²) in [6.07, 6.45) is 8.19. The zero-order valence-corrected chi connectivity index (χ0v) is 11.9. The molecule has 0 saturated carbocycles. The lowest BCUT2D eigenvalue weighted by molar-refractivity contribution is 0.719. The molecule has 20 heavy (non-hydrogen) atoms. The van der Waals surface area contributed by atoms with Crippen LogP contribution in [0.2, 0.25) is 0 Å². The van der Waals surface area contributed by atoms with Gasteiger partial charge >= 0.3 is 0 Å². The number of pyridine rings is 1. The summed E-state index contributed by atoms with van der Waals surface area (Å²) in [4.78, 5) is 11.1. The maximum absolute atomic E-state index is 4.54. The highest BCUT2D eigenvalue weighted by molar-refractivity contribution is 5.65. The van der Waals surface area contributed by atoms with Gasteiger partial charge in [-0.1, -0.05) is 0 Å². The summed E-state index contributed by atoms with van der Waals surface area (Å²) in [5.41, 5.74) is 2.31. The Bertz CT molecular complexity index is 557. The van der Waals surface area contributed by atoms with Crippen LogP contribution >= 0.6 is 0 Å².